The van der Waals surface area contributed by atoms with Crippen molar-refractivity contribution in [2.75, 3.05) is 61.5 Å². The molecule has 202 valence electrons. The highest BCUT2D eigenvalue weighted by Crippen LogP contribution is 2.35. The van der Waals surface area contributed by atoms with Gasteiger partial charge in [-0.05, 0) is 43.3 Å². The van der Waals surface area contributed by atoms with E-state index in [0.717, 1.165) is 72.9 Å². The van der Waals surface area contributed by atoms with Crippen molar-refractivity contribution in [3.05, 3.63) is 59.4 Å². The first-order valence-electron chi connectivity index (χ1n) is 13.3. The zero-order valence-corrected chi connectivity index (χ0v) is 23.3. The molecule has 0 unspecified atom stereocenters. The molecule has 10 heteroatoms. The van der Waals surface area contributed by atoms with Crippen LogP contribution in [0.2, 0.25) is 5.02 Å². The number of hydrogen-bond acceptors (Lipinski definition) is 8. The van der Waals surface area contributed by atoms with E-state index in [9.17, 15) is 5.26 Å². The van der Waals surface area contributed by atoms with Gasteiger partial charge >= 0.3 is 0 Å². The lowest BCUT2D eigenvalue weighted by molar-refractivity contribution is 0.270. The van der Waals surface area contributed by atoms with Crippen molar-refractivity contribution in [2.24, 2.45) is 0 Å². The largest absolute Gasteiger partial charge is 0.495 e. The van der Waals surface area contributed by atoms with Crippen molar-refractivity contribution in [3.63, 3.8) is 0 Å². The summed E-state index contributed by atoms with van der Waals surface area (Å²) < 4.78 is 5.76. The fourth-order valence-electron chi connectivity index (χ4n) is 4.99. The molecule has 2 aromatic heterocycles. The molecule has 0 amide bonds. The van der Waals surface area contributed by atoms with Gasteiger partial charge in [0.05, 0.1) is 24.0 Å². The van der Waals surface area contributed by atoms with Gasteiger partial charge in [-0.1, -0.05) is 25.4 Å². The summed E-state index contributed by atoms with van der Waals surface area (Å²) in [4.78, 5) is 19.2. The summed E-state index contributed by atoms with van der Waals surface area (Å²) in [7, 11) is 1.69. The molecule has 0 bridgehead atoms. The fourth-order valence-corrected chi connectivity index (χ4v) is 5.20. The molecule has 1 fully saturated rings. The number of nitrogens with zero attached hydrogens (tertiary/aromatic N) is 6. The van der Waals surface area contributed by atoms with Crippen LogP contribution in [0.25, 0.3) is 10.9 Å². The molecule has 0 spiro atoms. The molecule has 4 aromatic rings. The van der Waals surface area contributed by atoms with Gasteiger partial charge in [0.15, 0.2) is 5.82 Å². The van der Waals surface area contributed by atoms with Gasteiger partial charge in [-0.2, -0.15) is 10.2 Å². The van der Waals surface area contributed by atoms with Gasteiger partial charge in [0.25, 0.3) is 0 Å². The average Bonchev–Trinajstić information content (AvgIpc) is 3.35. The highest BCUT2D eigenvalue weighted by atomic mass is 35.5. The molecule has 2 aromatic carbocycles. The lowest BCUT2D eigenvalue weighted by Crippen LogP contribution is -2.46. The van der Waals surface area contributed by atoms with Gasteiger partial charge in [0, 0.05) is 67.3 Å². The number of methoxy groups -OCH3 is 1. The predicted octanol–water partition coefficient (Wildman–Crippen LogP) is 5.93. The van der Waals surface area contributed by atoms with E-state index in [1.54, 1.807) is 19.5 Å². The second-order valence-electron chi connectivity index (χ2n) is 9.49. The number of ether oxygens (including phenoxy) is 1. The SMILES string of the molecule is CCCN(c1ccc2[nH]cc(Cl)c2c1)c1nc(Nc2ccc(N3CCN(CC)CC3)c(OC)c2)ncc1C#N. The Labute approximate surface area is 234 Å². The summed E-state index contributed by atoms with van der Waals surface area (Å²) in [5.74, 6) is 1.74. The summed E-state index contributed by atoms with van der Waals surface area (Å²) in [6.07, 6.45) is 4.20. The number of benzene rings is 2. The van der Waals surface area contributed by atoms with Crippen molar-refractivity contribution >= 4 is 51.3 Å². The maximum atomic E-state index is 9.87. The van der Waals surface area contributed by atoms with Crippen LogP contribution in [-0.2, 0) is 0 Å². The summed E-state index contributed by atoms with van der Waals surface area (Å²) in [5.41, 5.74) is 4.14. The molecule has 1 aliphatic heterocycles. The summed E-state index contributed by atoms with van der Waals surface area (Å²) in [5, 5.41) is 14.8. The molecule has 0 radical (unpaired) electrons. The highest BCUT2D eigenvalue weighted by molar-refractivity contribution is 6.35. The van der Waals surface area contributed by atoms with Gasteiger partial charge in [0.2, 0.25) is 5.95 Å². The van der Waals surface area contributed by atoms with Gasteiger partial charge in [0.1, 0.15) is 17.4 Å². The molecule has 2 N–H and O–H groups in total. The Hall–Kier alpha value is -4.00. The lowest BCUT2D eigenvalue weighted by Gasteiger charge is -2.36. The first kappa shape index (κ1) is 26.6. The number of aromatic nitrogens is 3. The Morgan fingerprint density at radius 3 is 2.69 bits per heavy atom. The predicted molar refractivity (Wildman–Crippen MR) is 158 cm³/mol. The van der Waals surface area contributed by atoms with E-state index < -0.39 is 0 Å². The van der Waals surface area contributed by atoms with E-state index in [4.69, 9.17) is 21.3 Å². The van der Waals surface area contributed by atoms with Crippen LogP contribution in [0.1, 0.15) is 25.8 Å². The number of aromatic amines is 1. The number of likely N-dealkylation sites (N-methyl/N-ethyl adjacent to an activating group) is 1. The first-order valence-corrected chi connectivity index (χ1v) is 13.7. The molecular formula is C29H33ClN8O. The minimum Gasteiger partial charge on any atom is -0.495 e. The number of nitrogens with one attached hydrogen (secondary N) is 2. The van der Waals surface area contributed by atoms with Crippen molar-refractivity contribution in [3.8, 4) is 11.8 Å². The molecule has 1 aliphatic rings. The Bertz CT molecular complexity index is 1490. The van der Waals surface area contributed by atoms with E-state index in [1.165, 1.54) is 0 Å². The van der Waals surface area contributed by atoms with E-state index in [2.05, 4.69) is 51.1 Å². The first-order chi connectivity index (χ1) is 19.0. The number of halogens is 1. The smallest absolute Gasteiger partial charge is 0.229 e. The molecule has 39 heavy (non-hydrogen) atoms. The Morgan fingerprint density at radius 1 is 1.15 bits per heavy atom. The van der Waals surface area contributed by atoms with Crippen molar-refractivity contribution in [2.45, 2.75) is 20.3 Å². The van der Waals surface area contributed by atoms with E-state index >= 15 is 0 Å². The van der Waals surface area contributed by atoms with Gasteiger partial charge in [-0.15, -0.1) is 0 Å². The number of fused-ring (bicyclic) bond motifs is 1. The zero-order valence-electron chi connectivity index (χ0n) is 22.5. The minimum atomic E-state index is 0.397. The zero-order chi connectivity index (χ0) is 27.4. The van der Waals surface area contributed by atoms with E-state index in [1.807, 2.05) is 35.2 Å². The Kier molecular flexibility index (Phi) is 8.05. The molecule has 5 rings (SSSR count). The normalized spacial score (nSPS) is 13.9. The number of H-pyrrole nitrogens is 1. The van der Waals surface area contributed by atoms with Crippen LogP contribution in [0.3, 0.4) is 0 Å². The second-order valence-corrected chi connectivity index (χ2v) is 9.90. The van der Waals surface area contributed by atoms with Crippen molar-refractivity contribution in [1.29, 1.82) is 5.26 Å². The Balaban J connectivity index is 1.43. The summed E-state index contributed by atoms with van der Waals surface area (Å²) >= 11 is 6.39. The van der Waals surface area contributed by atoms with Crippen LogP contribution in [-0.4, -0.2) is 66.2 Å². The average molecular weight is 545 g/mol. The number of hydrogen-bond donors (Lipinski definition) is 2. The van der Waals surface area contributed by atoms with Gasteiger partial charge < -0.3 is 29.7 Å². The summed E-state index contributed by atoms with van der Waals surface area (Å²) in [6.45, 7) is 10.1. The van der Waals surface area contributed by atoms with Crippen molar-refractivity contribution in [1.82, 2.24) is 19.9 Å². The number of rotatable bonds is 9. The lowest BCUT2D eigenvalue weighted by atomic mass is 10.2. The quantitative estimate of drug-likeness (QED) is 0.268. The molecule has 0 aliphatic carbocycles. The second kappa shape index (κ2) is 11.8. The summed E-state index contributed by atoms with van der Waals surface area (Å²) in [6, 6.07) is 14.3. The molecule has 0 atom stereocenters. The molecule has 9 nitrogen and oxygen atoms in total. The van der Waals surface area contributed by atoms with Crippen LogP contribution < -0.4 is 19.9 Å². The number of piperazine rings is 1. The van der Waals surface area contributed by atoms with Crippen LogP contribution in [0.4, 0.5) is 28.8 Å². The topological polar surface area (TPSA) is 96.3 Å². The molecule has 1 saturated heterocycles. The van der Waals surface area contributed by atoms with Crippen LogP contribution in [0.5, 0.6) is 5.75 Å². The monoisotopic (exact) mass is 544 g/mol. The standard InChI is InChI=1S/C29H33ClN8O/c1-4-10-38(22-7-8-25-23(16-22)24(30)19-32-25)28-20(17-31)18-33-29(35-28)34-21-6-9-26(27(15-21)39-3)37-13-11-36(5-2)12-14-37/h6-9,15-16,18-19,32H,4-5,10-14H2,1-3H3,(H,33,34,35). The minimum absolute atomic E-state index is 0.397. The van der Waals surface area contributed by atoms with Crippen molar-refractivity contribution < 1.29 is 4.74 Å². The molecule has 0 saturated carbocycles. The molecular weight excluding hydrogens is 512 g/mol. The molecule has 3 heterocycles. The van der Waals surface area contributed by atoms with Gasteiger partial charge in [-0.3, -0.25) is 0 Å². The van der Waals surface area contributed by atoms with E-state index in [0.29, 0.717) is 28.9 Å². The number of nitriles is 1. The maximum Gasteiger partial charge on any atom is 0.229 e. The highest BCUT2D eigenvalue weighted by Gasteiger charge is 2.20. The third-order valence-corrected chi connectivity index (χ3v) is 7.43. The third kappa shape index (κ3) is 5.58. The van der Waals surface area contributed by atoms with Crippen LogP contribution in [0, 0.1) is 11.3 Å². The van der Waals surface area contributed by atoms with Crippen LogP contribution in [0.15, 0.2) is 48.8 Å². The van der Waals surface area contributed by atoms with Crippen LogP contribution >= 0.6 is 11.6 Å². The maximum absolute atomic E-state index is 9.87. The Morgan fingerprint density at radius 2 is 1.97 bits per heavy atom. The number of anilines is 5. The van der Waals surface area contributed by atoms with E-state index in [-0.39, 0.29) is 0 Å². The fraction of sp³-hybridized carbons (Fsp3) is 0.345. The van der Waals surface area contributed by atoms with Gasteiger partial charge in [-0.25, -0.2) is 4.98 Å². The third-order valence-electron chi connectivity index (χ3n) is 7.11.